The Morgan fingerprint density at radius 2 is 1.81 bits per heavy atom. The van der Waals surface area contributed by atoms with E-state index in [0.717, 1.165) is 43.4 Å². The maximum absolute atomic E-state index is 5.86. The quantitative estimate of drug-likeness (QED) is 0.866. The van der Waals surface area contributed by atoms with Crippen molar-refractivity contribution < 1.29 is 4.74 Å². The standard InChI is InChI=1S/C17H21N3O/c1-19-8-5-9-20(11-10-19)15-12-17(14-18-13-15)21-16-6-3-2-4-7-16/h2-4,6-7,12-14H,5,8-11H2,1H3. The molecule has 0 bridgehead atoms. The number of hydrogen-bond acceptors (Lipinski definition) is 4. The molecule has 4 nitrogen and oxygen atoms in total. The number of hydrogen-bond donors (Lipinski definition) is 0. The summed E-state index contributed by atoms with van der Waals surface area (Å²) < 4.78 is 5.86. The lowest BCUT2D eigenvalue weighted by molar-refractivity contribution is 0.360. The number of likely N-dealkylation sites (N-methyl/N-ethyl adjacent to an activating group) is 1. The average Bonchev–Trinajstić information content (AvgIpc) is 2.73. The van der Waals surface area contributed by atoms with Crippen molar-refractivity contribution in [3.63, 3.8) is 0 Å². The maximum atomic E-state index is 5.86. The van der Waals surface area contributed by atoms with Crippen LogP contribution in [0.2, 0.25) is 0 Å². The van der Waals surface area contributed by atoms with E-state index in [2.05, 4.69) is 27.9 Å². The van der Waals surface area contributed by atoms with Crippen molar-refractivity contribution in [2.45, 2.75) is 6.42 Å². The molecule has 3 rings (SSSR count). The van der Waals surface area contributed by atoms with Gasteiger partial charge in [-0.2, -0.15) is 0 Å². The summed E-state index contributed by atoms with van der Waals surface area (Å²) in [6.07, 6.45) is 4.86. The molecular weight excluding hydrogens is 262 g/mol. The van der Waals surface area contributed by atoms with Crippen LogP contribution in [0.1, 0.15) is 6.42 Å². The highest BCUT2D eigenvalue weighted by molar-refractivity contribution is 5.49. The second-order valence-electron chi connectivity index (χ2n) is 5.44. The Kier molecular flexibility index (Phi) is 4.36. The number of aromatic nitrogens is 1. The third-order valence-corrected chi connectivity index (χ3v) is 3.76. The minimum atomic E-state index is 0.788. The molecule has 2 heterocycles. The molecule has 0 spiro atoms. The van der Waals surface area contributed by atoms with Crippen molar-refractivity contribution in [2.24, 2.45) is 0 Å². The highest BCUT2D eigenvalue weighted by Crippen LogP contribution is 2.25. The van der Waals surface area contributed by atoms with Crippen LogP contribution < -0.4 is 9.64 Å². The van der Waals surface area contributed by atoms with E-state index in [0.29, 0.717) is 0 Å². The van der Waals surface area contributed by atoms with Crippen LogP contribution >= 0.6 is 0 Å². The zero-order chi connectivity index (χ0) is 14.5. The molecule has 1 saturated heterocycles. The van der Waals surface area contributed by atoms with Crippen molar-refractivity contribution in [3.05, 3.63) is 48.8 Å². The maximum Gasteiger partial charge on any atom is 0.147 e. The molecule has 0 amide bonds. The molecule has 0 radical (unpaired) electrons. The van der Waals surface area contributed by atoms with Gasteiger partial charge in [0.05, 0.1) is 18.1 Å². The van der Waals surface area contributed by atoms with E-state index in [9.17, 15) is 0 Å². The Morgan fingerprint density at radius 1 is 0.952 bits per heavy atom. The van der Waals surface area contributed by atoms with Gasteiger partial charge in [0, 0.05) is 25.7 Å². The van der Waals surface area contributed by atoms with Crippen molar-refractivity contribution in [3.8, 4) is 11.5 Å². The summed E-state index contributed by atoms with van der Waals surface area (Å²) in [4.78, 5) is 9.08. The molecule has 1 fully saturated rings. The highest BCUT2D eigenvalue weighted by atomic mass is 16.5. The largest absolute Gasteiger partial charge is 0.456 e. The van der Waals surface area contributed by atoms with Crippen molar-refractivity contribution in [1.82, 2.24) is 9.88 Å². The van der Waals surface area contributed by atoms with Crippen LogP contribution in [0.15, 0.2) is 48.8 Å². The number of pyridine rings is 1. The third kappa shape index (κ3) is 3.73. The predicted octanol–water partition coefficient (Wildman–Crippen LogP) is 3.02. The molecular formula is C17H21N3O. The van der Waals surface area contributed by atoms with E-state index in [-0.39, 0.29) is 0 Å². The first-order chi connectivity index (χ1) is 10.3. The summed E-state index contributed by atoms with van der Waals surface area (Å²) in [6, 6.07) is 11.9. The molecule has 1 aliphatic rings. The molecule has 1 aliphatic heterocycles. The summed E-state index contributed by atoms with van der Waals surface area (Å²) in [5, 5.41) is 0. The fourth-order valence-corrected chi connectivity index (χ4v) is 2.57. The summed E-state index contributed by atoms with van der Waals surface area (Å²) >= 11 is 0. The Balaban J connectivity index is 1.73. The molecule has 0 N–H and O–H groups in total. The van der Waals surface area contributed by atoms with E-state index in [4.69, 9.17) is 4.74 Å². The lowest BCUT2D eigenvalue weighted by Crippen LogP contribution is -2.28. The first kappa shape index (κ1) is 13.9. The Morgan fingerprint density at radius 3 is 2.67 bits per heavy atom. The molecule has 1 aromatic heterocycles. The Hall–Kier alpha value is -2.07. The van der Waals surface area contributed by atoms with E-state index in [1.54, 1.807) is 6.20 Å². The first-order valence-corrected chi connectivity index (χ1v) is 7.43. The zero-order valence-electron chi connectivity index (χ0n) is 12.4. The fourth-order valence-electron chi connectivity index (χ4n) is 2.57. The average molecular weight is 283 g/mol. The number of rotatable bonds is 3. The van der Waals surface area contributed by atoms with Gasteiger partial charge < -0.3 is 14.5 Å². The van der Waals surface area contributed by atoms with Crippen LogP contribution in [0.25, 0.3) is 0 Å². The van der Waals surface area contributed by atoms with Gasteiger partial charge in [0.1, 0.15) is 11.5 Å². The van der Waals surface area contributed by atoms with Gasteiger partial charge in [-0.3, -0.25) is 4.98 Å². The smallest absolute Gasteiger partial charge is 0.147 e. The van der Waals surface area contributed by atoms with Gasteiger partial charge >= 0.3 is 0 Å². The van der Waals surface area contributed by atoms with Crippen LogP contribution in [-0.4, -0.2) is 43.1 Å². The molecule has 0 atom stereocenters. The molecule has 2 aromatic rings. The minimum Gasteiger partial charge on any atom is -0.456 e. The molecule has 0 saturated carbocycles. The fraction of sp³-hybridized carbons (Fsp3) is 0.353. The Bertz CT molecular complexity index is 573. The molecule has 0 unspecified atom stereocenters. The molecule has 0 aliphatic carbocycles. The monoisotopic (exact) mass is 283 g/mol. The van der Waals surface area contributed by atoms with Gasteiger partial charge in [-0.25, -0.2) is 0 Å². The van der Waals surface area contributed by atoms with Gasteiger partial charge in [0.25, 0.3) is 0 Å². The topological polar surface area (TPSA) is 28.6 Å². The van der Waals surface area contributed by atoms with E-state index in [1.807, 2.05) is 36.5 Å². The molecule has 21 heavy (non-hydrogen) atoms. The predicted molar refractivity (Wildman–Crippen MR) is 85.1 cm³/mol. The summed E-state index contributed by atoms with van der Waals surface area (Å²) in [7, 11) is 2.18. The van der Waals surface area contributed by atoms with Gasteiger partial charge in [-0.1, -0.05) is 18.2 Å². The summed E-state index contributed by atoms with van der Waals surface area (Å²) in [5.74, 6) is 1.63. The van der Waals surface area contributed by atoms with E-state index in [1.165, 1.54) is 6.42 Å². The van der Waals surface area contributed by atoms with Crippen LogP contribution in [0.5, 0.6) is 11.5 Å². The number of anilines is 1. The Labute approximate surface area is 126 Å². The lowest BCUT2D eigenvalue weighted by atomic mass is 10.3. The second kappa shape index (κ2) is 6.59. The number of ether oxygens (including phenoxy) is 1. The van der Waals surface area contributed by atoms with Crippen molar-refractivity contribution in [2.75, 3.05) is 38.1 Å². The van der Waals surface area contributed by atoms with Gasteiger partial charge in [-0.15, -0.1) is 0 Å². The normalized spacial score (nSPS) is 16.5. The van der Waals surface area contributed by atoms with Crippen LogP contribution in [0.3, 0.4) is 0 Å². The lowest BCUT2D eigenvalue weighted by Gasteiger charge is -2.22. The van der Waals surface area contributed by atoms with E-state index < -0.39 is 0 Å². The molecule has 4 heteroatoms. The molecule has 1 aromatic carbocycles. The SMILES string of the molecule is CN1CCCN(c2cncc(Oc3ccccc3)c2)CC1. The van der Waals surface area contributed by atoms with E-state index >= 15 is 0 Å². The van der Waals surface area contributed by atoms with Gasteiger partial charge in [0.2, 0.25) is 0 Å². The first-order valence-electron chi connectivity index (χ1n) is 7.43. The van der Waals surface area contributed by atoms with Gasteiger partial charge in [-0.05, 0) is 32.1 Å². The number of para-hydroxylation sites is 1. The van der Waals surface area contributed by atoms with Crippen LogP contribution in [-0.2, 0) is 0 Å². The highest BCUT2D eigenvalue weighted by Gasteiger charge is 2.13. The van der Waals surface area contributed by atoms with Crippen LogP contribution in [0, 0.1) is 0 Å². The molecule has 110 valence electrons. The van der Waals surface area contributed by atoms with Crippen molar-refractivity contribution in [1.29, 1.82) is 0 Å². The van der Waals surface area contributed by atoms with Crippen molar-refractivity contribution >= 4 is 5.69 Å². The second-order valence-corrected chi connectivity index (χ2v) is 5.44. The van der Waals surface area contributed by atoms with Crippen LogP contribution in [0.4, 0.5) is 5.69 Å². The third-order valence-electron chi connectivity index (χ3n) is 3.76. The van der Waals surface area contributed by atoms with Gasteiger partial charge in [0.15, 0.2) is 0 Å². The summed E-state index contributed by atoms with van der Waals surface area (Å²) in [5.41, 5.74) is 1.14. The zero-order valence-corrected chi connectivity index (χ0v) is 12.4. The minimum absolute atomic E-state index is 0.788. The number of benzene rings is 1. The number of nitrogens with zero attached hydrogens (tertiary/aromatic N) is 3. The summed E-state index contributed by atoms with van der Waals surface area (Å²) in [6.45, 7) is 4.35.